The molecule has 0 bridgehead atoms. The fourth-order valence-corrected chi connectivity index (χ4v) is 7.75. The van der Waals surface area contributed by atoms with E-state index in [4.69, 9.17) is 4.42 Å². The molecule has 234 valence electrons. The summed E-state index contributed by atoms with van der Waals surface area (Å²) in [6.07, 6.45) is 0. The Kier molecular flexibility index (Phi) is 6.53. The first-order valence-corrected chi connectivity index (χ1v) is 17.1. The fraction of sp³-hybridized carbons (Fsp3) is 0. The Morgan fingerprint density at radius 3 is 1.84 bits per heavy atom. The Hall–Kier alpha value is -6.64. The number of rotatable bonds is 5. The van der Waals surface area contributed by atoms with Crippen LogP contribution in [0.1, 0.15) is 0 Å². The Morgan fingerprint density at radius 1 is 0.360 bits per heavy atom. The van der Waals surface area contributed by atoms with E-state index in [0.29, 0.717) is 0 Å². The van der Waals surface area contributed by atoms with Crippen molar-refractivity contribution in [2.45, 2.75) is 0 Å². The highest BCUT2D eigenvalue weighted by atomic mass is 16.3. The molecular weight excluding hydrogens is 607 g/mol. The molecule has 1 heterocycles. The topological polar surface area (TPSA) is 16.4 Å². The monoisotopic (exact) mass is 637 g/mol. The number of hydrogen-bond acceptors (Lipinski definition) is 2. The molecule has 0 spiro atoms. The van der Waals surface area contributed by atoms with E-state index >= 15 is 0 Å². The second kappa shape index (κ2) is 11.5. The smallest absolute Gasteiger partial charge is 0.143 e. The van der Waals surface area contributed by atoms with Gasteiger partial charge in [0.05, 0.1) is 11.4 Å². The van der Waals surface area contributed by atoms with E-state index in [1.807, 2.05) is 12.1 Å². The van der Waals surface area contributed by atoms with E-state index in [0.717, 1.165) is 50.1 Å². The molecule has 2 heteroatoms. The third-order valence-corrected chi connectivity index (χ3v) is 10.0. The van der Waals surface area contributed by atoms with Crippen LogP contribution in [0, 0.1) is 0 Å². The number of nitrogens with zero attached hydrogens (tertiary/aromatic N) is 1. The first-order valence-electron chi connectivity index (χ1n) is 17.1. The number of benzene rings is 9. The minimum Gasteiger partial charge on any atom is -0.455 e. The van der Waals surface area contributed by atoms with E-state index < -0.39 is 0 Å². The summed E-state index contributed by atoms with van der Waals surface area (Å²) < 4.78 is 6.43. The number of furan rings is 1. The highest BCUT2D eigenvalue weighted by Crippen LogP contribution is 2.47. The zero-order valence-corrected chi connectivity index (χ0v) is 27.3. The molecule has 0 saturated heterocycles. The third-order valence-electron chi connectivity index (χ3n) is 10.0. The van der Waals surface area contributed by atoms with Crippen LogP contribution < -0.4 is 4.90 Å². The average molecular weight is 638 g/mol. The molecule has 0 radical (unpaired) electrons. The first kappa shape index (κ1) is 28.4. The molecule has 0 aliphatic carbocycles. The molecule has 0 saturated carbocycles. The van der Waals surface area contributed by atoms with Crippen LogP contribution in [0.5, 0.6) is 0 Å². The summed E-state index contributed by atoms with van der Waals surface area (Å²) >= 11 is 0. The quantitative estimate of drug-likeness (QED) is 0.175. The van der Waals surface area contributed by atoms with Gasteiger partial charge in [-0.05, 0) is 68.4 Å². The normalized spacial score (nSPS) is 11.6. The van der Waals surface area contributed by atoms with Gasteiger partial charge in [-0.25, -0.2) is 0 Å². The molecule has 0 aliphatic heterocycles. The molecular formula is C48H31NO. The summed E-state index contributed by atoms with van der Waals surface area (Å²) in [5.41, 5.74) is 9.72. The number of hydrogen-bond donors (Lipinski definition) is 0. The van der Waals surface area contributed by atoms with Crippen molar-refractivity contribution in [1.82, 2.24) is 0 Å². The van der Waals surface area contributed by atoms with Gasteiger partial charge in [-0.3, -0.25) is 0 Å². The van der Waals surface area contributed by atoms with Crippen molar-refractivity contribution in [3.05, 3.63) is 188 Å². The second-order valence-corrected chi connectivity index (χ2v) is 12.9. The van der Waals surface area contributed by atoms with Gasteiger partial charge in [0.15, 0.2) is 0 Å². The summed E-state index contributed by atoms with van der Waals surface area (Å²) in [6, 6.07) is 67.5. The minimum atomic E-state index is 0.909. The van der Waals surface area contributed by atoms with Gasteiger partial charge in [-0.15, -0.1) is 0 Å². The van der Waals surface area contributed by atoms with Gasteiger partial charge < -0.3 is 9.32 Å². The van der Waals surface area contributed by atoms with E-state index in [1.165, 1.54) is 43.4 Å². The molecule has 0 atom stereocenters. The van der Waals surface area contributed by atoms with Crippen LogP contribution >= 0.6 is 0 Å². The molecule has 10 rings (SSSR count). The molecule has 0 unspecified atom stereocenters. The maximum Gasteiger partial charge on any atom is 0.143 e. The predicted octanol–water partition coefficient (Wildman–Crippen LogP) is 13.8. The minimum absolute atomic E-state index is 0.909. The molecule has 0 amide bonds. The number of fused-ring (bicyclic) bond motifs is 8. The van der Waals surface area contributed by atoms with E-state index in [-0.39, 0.29) is 0 Å². The molecule has 1 aromatic heterocycles. The summed E-state index contributed by atoms with van der Waals surface area (Å²) in [7, 11) is 0. The standard InChI is InChI=1S/C48H31NO/c1-2-13-32(14-3-1)37-16-8-10-23-44(37)49(45-31-35-26-25-33-15-4-5-17-38(33)47(35)42-20-7-6-18-40(42)45)36-29-27-34(28-30-36)39-21-12-22-43-41-19-9-11-24-46(41)50-48(39)43/h1-31H. The van der Waals surface area contributed by atoms with Gasteiger partial charge in [-0.2, -0.15) is 0 Å². The van der Waals surface area contributed by atoms with Gasteiger partial charge in [0.2, 0.25) is 0 Å². The van der Waals surface area contributed by atoms with E-state index in [9.17, 15) is 0 Å². The zero-order valence-electron chi connectivity index (χ0n) is 27.3. The van der Waals surface area contributed by atoms with Crippen molar-refractivity contribution in [2.75, 3.05) is 4.90 Å². The van der Waals surface area contributed by atoms with Crippen LogP contribution in [0.25, 0.3) is 76.5 Å². The molecule has 50 heavy (non-hydrogen) atoms. The lowest BCUT2D eigenvalue weighted by Gasteiger charge is -2.30. The lowest BCUT2D eigenvalue weighted by Crippen LogP contribution is -2.12. The zero-order chi connectivity index (χ0) is 33.0. The van der Waals surface area contributed by atoms with Gasteiger partial charge in [0.1, 0.15) is 11.2 Å². The lowest BCUT2D eigenvalue weighted by molar-refractivity contribution is 0.670. The van der Waals surface area contributed by atoms with Gasteiger partial charge in [-0.1, -0.05) is 158 Å². The SMILES string of the molecule is c1ccc(-c2ccccc2N(c2ccc(-c3cccc4c3oc3ccccc34)cc2)c2cc3ccc4ccccc4c3c3ccccc23)cc1. The maximum absolute atomic E-state index is 6.43. The Balaban J connectivity index is 1.22. The highest BCUT2D eigenvalue weighted by molar-refractivity contribution is 6.24. The van der Waals surface area contributed by atoms with Crippen LogP contribution in [0.15, 0.2) is 192 Å². The van der Waals surface area contributed by atoms with Crippen molar-refractivity contribution in [2.24, 2.45) is 0 Å². The van der Waals surface area contributed by atoms with Crippen LogP contribution in [-0.2, 0) is 0 Å². The number of para-hydroxylation sites is 3. The van der Waals surface area contributed by atoms with E-state index in [1.54, 1.807) is 0 Å². The summed E-state index contributed by atoms with van der Waals surface area (Å²) in [6.45, 7) is 0. The summed E-state index contributed by atoms with van der Waals surface area (Å²) in [4.78, 5) is 2.44. The van der Waals surface area contributed by atoms with Crippen molar-refractivity contribution in [3.63, 3.8) is 0 Å². The van der Waals surface area contributed by atoms with Gasteiger partial charge in [0.25, 0.3) is 0 Å². The third kappa shape index (κ3) is 4.50. The summed E-state index contributed by atoms with van der Waals surface area (Å²) in [5, 5.41) is 9.74. The van der Waals surface area contributed by atoms with Crippen LogP contribution in [0.3, 0.4) is 0 Å². The molecule has 2 nitrogen and oxygen atoms in total. The Morgan fingerprint density at radius 2 is 0.980 bits per heavy atom. The van der Waals surface area contributed by atoms with Gasteiger partial charge >= 0.3 is 0 Å². The maximum atomic E-state index is 6.43. The van der Waals surface area contributed by atoms with Crippen molar-refractivity contribution < 1.29 is 4.42 Å². The largest absolute Gasteiger partial charge is 0.455 e. The van der Waals surface area contributed by atoms with Gasteiger partial charge in [0, 0.05) is 33.0 Å². The first-order chi connectivity index (χ1) is 24.8. The molecule has 10 aromatic rings. The Labute approximate surface area is 290 Å². The van der Waals surface area contributed by atoms with Crippen LogP contribution in [-0.4, -0.2) is 0 Å². The van der Waals surface area contributed by atoms with Crippen LogP contribution in [0.2, 0.25) is 0 Å². The molecule has 0 N–H and O–H groups in total. The molecule has 0 aliphatic rings. The van der Waals surface area contributed by atoms with Crippen molar-refractivity contribution in [3.8, 4) is 22.3 Å². The molecule has 0 fully saturated rings. The van der Waals surface area contributed by atoms with E-state index in [2.05, 4.69) is 181 Å². The van der Waals surface area contributed by atoms with Crippen LogP contribution in [0.4, 0.5) is 17.1 Å². The lowest BCUT2D eigenvalue weighted by atomic mass is 9.94. The highest BCUT2D eigenvalue weighted by Gasteiger charge is 2.21. The average Bonchev–Trinajstić information content (AvgIpc) is 3.58. The fourth-order valence-electron chi connectivity index (χ4n) is 7.75. The summed E-state index contributed by atoms with van der Waals surface area (Å²) in [5.74, 6) is 0. The number of anilines is 3. The second-order valence-electron chi connectivity index (χ2n) is 12.9. The van der Waals surface area contributed by atoms with Crippen molar-refractivity contribution in [1.29, 1.82) is 0 Å². The Bertz CT molecular complexity index is 2870. The van der Waals surface area contributed by atoms with Crippen molar-refractivity contribution >= 4 is 71.3 Å². The predicted molar refractivity (Wildman–Crippen MR) is 212 cm³/mol. The molecule has 9 aromatic carbocycles.